The number of aromatic carboxylic acids is 1. The molecule has 0 heterocycles. The lowest BCUT2D eigenvalue weighted by Crippen LogP contribution is -1.95. The number of alkyl halides is 2. The number of fused-ring (bicyclic) bond motifs is 1. The van der Waals surface area contributed by atoms with Gasteiger partial charge in [0.25, 0.3) is 6.43 Å². The molecule has 1 atom stereocenters. The summed E-state index contributed by atoms with van der Waals surface area (Å²) in [6, 6.07) is 15.2. The van der Waals surface area contributed by atoms with Crippen LogP contribution in [-0.4, -0.2) is 16.0 Å². The third-order valence-corrected chi connectivity index (χ3v) is 4.73. The van der Waals surface area contributed by atoms with Crippen molar-refractivity contribution < 1.29 is 33.0 Å². The zero-order valence-corrected chi connectivity index (χ0v) is 17.1. The van der Waals surface area contributed by atoms with Crippen LogP contribution in [0.2, 0.25) is 0 Å². The summed E-state index contributed by atoms with van der Waals surface area (Å²) in [7, 11) is -3.12. The van der Waals surface area contributed by atoms with Crippen molar-refractivity contribution in [1.29, 1.82) is 0 Å². The first-order chi connectivity index (χ1) is 13.7. The van der Waals surface area contributed by atoms with Gasteiger partial charge in [-0.2, -0.15) is 4.89 Å². The van der Waals surface area contributed by atoms with E-state index in [2.05, 4.69) is 15.9 Å². The highest BCUT2D eigenvalue weighted by Crippen LogP contribution is 2.34. The standard InChI is InChI=1S/C20H13BrF2O2.HO3P/c21-18-16-8-6-13(10-14(16)7-9-17(18)19(22)23)5-4-12-2-1-3-15(11-12)20(24)25;1-4(2)3/h1-11,19H,(H,24,25);(H,1,2,3)/b5-4+;. The second-order valence-electron chi connectivity index (χ2n) is 5.75. The monoisotopic (exact) mass is 482 g/mol. The van der Waals surface area contributed by atoms with Crippen molar-refractivity contribution >= 4 is 53.1 Å². The van der Waals surface area contributed by atoms with Gasteiger partial charge in [0.15, 0.2) is 0 Å². The van der Waals surface area contributed by atoms with Crippen LogP contribution in [0.5, 0.6) is 0 Å². The maximum atomic E-state index is 12.9. The summed E-state index contributed by atoms with van der Waals surface area (Å²) in [4.78, 5) is 26.6. The van der Waals surface area contributed by atoms with E-state index < -0.39 is 20.6 Å². The number of carboxylic acids is 1. The number of benzene rings is 3. The average molecular weight is 483 g/mol. The van der Waals surface area contributed by atoms with Crippen LogP contribution < -0.4 is 4.89 Å². The van der Waals surface area contributed by atoms with Crippen molar-refractivity contribution in [3.8, 4) is 0 Å². The van der Waals surface area contributed by atoms with E-state index in [1.165, 1.54) is 12.1 Å². The highest BCUT2D eigenvalue weighted by molar-refractivity contribution is 9.10. The fraction of sp³-hybridized carbons (Fsp3) is 0.0500. The highest BCUT2D eigenvalue weighted by Gasteiger charge is 2.13. The summed E-state index contributed by atoms with van der Waals surface area (Å²) in [6.45, 7) is 0. The fourth-order valence-corrected chi connectivity index (χ4v) is 3.23. The number of hydrogen-bond acceptors (Lipinski definition) is 3. The van der Waals surface area contributed by atoms with E-state index in [1.54, 1.807) is 24.3 Å². The largest absolute Gasteiger partial charge is 0.567 e. The lowest BCUT2D eigenvalue weighted by molar-refractivity contribution is -0.180. The smallest absolute Gasteiger partial charge is 0.485 e. The zero-order chi connectivity index (χ0) is 21.6. The van der Waals surface area contributed by atoms with Gasteiger partial charge in [0.05, 0.1) is 5.56 Å². The fourth-order valence-electron chi connectivity index (χ4n) is 2.57. The number of halogens is 3. The molecule has 150 valence electrons. The minimum atomic E-state index is -3.12. The first kappa shape index (κ1) is 22.8. The highest BCUT2D eigenvalue weighted by atomic mass is 79.9. The second-order valence-corrected chi connectivity index (χ2v) is 7.02. The molecule has 1 unspecified atom stereocenters. The van der Waals surface area contributed by atoms with Crippen LogP contribution >= 0.6 is 24.2 Å². The minimum absolute atomic E-state index is 0.0266. The van der Waals surface area contributed by atoms with Crippen molar-refractivity contribution in [2.45, 2.75) is 6.43 Å². The molecule has 3 rings (SSSR count). The molecular formula is C20H14BrF2O5P. The number of carboxylic acid groups (broad SMARTS) is 1. The molecule has 0 aliphatic rings. The number of rotatable bonds is 4. The van der Waals surface area contributed by atoms with E-state index in [-0.39, 0.29) is 11.1 Å². The van der Waals surface area contributed by atoms with Crippen molar-refractivity contribution in [3.63, 3.8) is 0 Å². The molecule has 2 N–H and O–H groups in total. The van der Waals surface area contributed by atoms with Crippen LogP contribution in [0.1, 0.15) is 33.5 Å². The quantitative estimate of drug-likeness (QED) is 0.383. The van der Waals surface area contributed by atoms with E-state index in [0.717, 1.165) is 21.9 Å². The van der Waals surface area contributed by atoms with Crippen LogP contribution in [0, 0.1) is 0 Å². The minimum Gasteiger partial charge on any atom is -0.567 e. The van der Waals surface area contributed by atoms with Gasteiger partial charge in [-0.15, -0.1) is 0 Å². The van der Waals surface area contributed by atoms with E-state index in [1.807, 2.05) is 30.4 Å². The molecule has 0 spiro atoms. The van der Waals surface area contributed by atoms with Gasteiger partial charge in [-0.1, -0.05) is 48.6 Å². The Labute approximate surface area is 174 Å². The maximum Gasteiger partial charge on any atom is 0.485 e. The van der Waals surface area contributed by atoms with Crippen LogP contribution in [-0.2, 0) is 4.57 Å². The van der Waals surface area contributed by atoms with Gasteiger partial charge >= 0.3 is 14.2 Å². The molecule has 0 aromatic heterocycles. The maximum absolute atomic E-state index is 12.9. The number of hydrogen-bond donors (Lipinski definition) is 2. The molecule has 0 bridgehead atoms. The molecule has 0 amide bonds. The van der Waals surface area contributed by atoms with Gasteiger partial charge in [-0.3, -0.25) is 0 Å². The zero-order valence-electron chi connectivity index (χ0n) is 14.6. The molecule has 0 saturated carbocycles. The number of carbonyl (C=O) groups is 1. The molecule has 3 aromatic rings. The Morgan fingerprint density at radius 2 is 1.69 bits per heavy atom. The van der Waals surface area contributed by atoms with E-state index in [9.17, 15) is 13.6 Å². The summed E-state index contributed by atoms with van der Waals surface area (Å²) >= 11 is 3.25. The van der Waals surface area contributed by atoms with Gasteiger partial charge in [0, 0.05) is 10.0 Å². The van der Waals surface area contributed by atoms with Gasteiger partial charge < -0.3 is 10.00 Å². The summed E-state index contributed by atoms with van der Waals surface area (Å²) in [5.74, 6) is -0.972. The van der Waals surface area contributed by atoms with Crippen molar-refractivity contribution in [1.82, 2.24) is 0 Å². The third kappa shape index (κ3) is 6.51. The summed E-state index contributed by atoms with van der Waals surface area (Å²) in [5.41, 5.74) is 1.87. The Bertz CT molecular complexity index is 1080. The molecule has 29 heavy (non-hydrogen) atoms. The summed E-state index contributed by atoms with van der Waals surface area (Å²) in [6.07, 6.45) is 1.14. The van der Waals surface area contributed by atoms with Crippen molar-refractivity contribution in [2.24, 2.45) is 0 Å². The van der Waals surface area contributed by atoms with Crippen LogP contribution in [0.3, 0.4) is 0 Å². The Hall–Kier alpha value is -2.51. The molecule has 0 saturated heterocycles. The van der Waals surface area contributed by atoms with E-state index >= 15 is 0 Å². The SMILES string of the molecule is O=C(O)c1cccc(/C=C/c2ccc3c(Br)c(C(F)F)ccc3c2)c1.O=[P+]([O-])O. The van der Waals surface area contributed by atoms with Crippen LogP contribution in [0.4, 0.5) is 8.78 Å². The second kappa shape index (κ2) is 10.3. The Balaban J connectivity index is 0.000000687. The molecule has 9 heteroatoms. The lowest BCUT2D eigenvalue weighted by atomic mass is 10.0. The third-order valence-electron chi connectivity index (χ3n) is 3.84. The first-order valence-electron chi connectivity index (χ1n) is 8.04. The van der Waals surface area contributed by atoms with E-state index in [0.29, 0.717) is 4.47 Å². The Morgan fingerprint density at radius 3 is 2.28 bits per heavy atom. The molecule has 0 aliphatic carbocycles. The molecule has 5 nitrogen and oxygen atoms in total. The molecule has 0 aliphatic heterocycles. The Kier molecular flexibility index (Phi) is 8.10. The lowest BCUT2D eigenvalue weighted by Gasteiger charge is -2.08. The molecule has 0 radical (unpaired) electrons. The van der Waals surface area contributed by atoms with Gasteiger partial charge in [-0.25, -0.2) is 13.6 Å². The molecule has 3 aromatic carbocycles. The van der Waals surface area contributed by atoms with Crippen molar-refractivity contribution in [2.75, 3.05) is 0 Å². The van der Waals surface area contributed by atoms with Crippen LogP contribution in [0.15, 0.2) is 59.1 Å². The average Bonchev–Trinajstić information content (AvgIpc) is 2.66. The van der Waals surface area contributed by atoms with Crippen molar-refractivity contribution in [3.05, 3.63) is 81.3 Å². The molecular weight excluding hydrogens is 469 g/mol. The topological polar surface area (TPSA) is 97.7 Å². The predicted octanol–water partition coefficient (Wildman–Crippen LogP) is 5.40. The first-order valence-corrected chi connectivity index (χ1v) is 9.96. The Morgan fingerprint density at radius 1 is 1.07 bits per heavy atom. The summed E-state index contributed by atoms with van der Waals surface area (Å²) < 4.78 is 34.9. The molecule has 0 fully saturated rings. The van der Waals surface area contributed by atoms with E-state index in [4.69, 9.17) is 19.5 Å². The van der Waals surface area contributed by atoms with Crippen LogP contribution in [0.25, 0.3) is 22.9 Å². The van der Waals surface area contributed by atoms with Gasteiger partial charge in [0.2, 0.25) is 0 Å². The summed E-state index contributed by atoms with van der Waals surface area (Å²) in [5, 5.41) is 10.6. The van der Waals surface area contributed by atoms with Gasteiger partial charge in [-0.05, 0) is 60.6 Å². The van der Waals surface area contributed by atoms with Gasteiger partial charge in [0.1, 0.15) is 0 Å². The predicted molar refractivity (Wildman–Crippen MR) is 109 cm³/mol. The normalized spacial score (nSPS) is 11.4.